The molecule has 1 rings (SSSR count). The maximum absolute atomic E-state index is 11.2. The van der Waals surface area contributed by atoms with Gasteiger partial charge in [0, 0.05) is 13.2 Å². The predicted molar refractivity (Wildman–Crippen MR) is 64.2 cm³/mol. The van der Waals surface area contributed by atoms with E-state index in [1.165, 1.54) is 6.20 Å². The molecule has 4 nitrogen and oxygen atoms in total. The molecule has 16 heavy (non-hydrogen) atoms. The van der Waals surface area contributed by atoms with Gasteiger partial charge in [0.2, 0.25) is 0 Å². The fraction of sp³-hybridized carbons (Fsp3) is 0.400. The van der Waals surface area contributed by atoms with Crippen LogP contribution in [0.1, 0.15) is 6.92 Å². The van der Waals surface area contributed by atoms with Crippen LogP contribution in [-0.4, -0.2) is 31.2 Å². The minimum atomic E-state index is -0.321. The SMILES string of the molecule is CCOC(=O)CN(C)c1ncc(Cl)cc1Cl. The standard InChI is InChI=1S/C10H12Cl2N2O2/c1-3-16-9(15)6-14(2)10-8(12)4-7(11)5-13-10/h4-5H,3,6H2,1-2H3. The zero-order valence-electron chi connectivity index (χ0n) is 9.04. The van der Waals surface area contributed by atoms with Crippen molar-refractivity contribution in [1.82, 2.24) is 4.98 Å². The first-order chi connectivity index (χ1) is 7.54. The van der Waals surface area contributed by atoms with E-state index >= 15 is 0 Å². The molecule has 0 aliphatic carbocycles. The molecule has 0 atom stereocenters. The molecular weight excluding hydrogens is 251 g/mol. The number of aromatic nitrogens is 1. The second-order valence-corrected chi connectivity index (χ2v) is 3.96. The summed E-state index contributed by atoms with van der Waals surface area (Å²) in [7, 11) is 1.71. The molecule has 0 bridgehead atoms. The first kappa shape index (κ1) is 13.1. The van der Waals surface area contributed by atoms with Gasteiger partial charge < -0.3 is 9.64 Å². The maximum atomic E-state index is 11.2. The fourth-order valence-electron chi connectivity index (χ4n) is 1.16. The van der Waals surface area contributed by atoms with Gasteiger partial charge in [0.15, 0.2) is 0 Å². The number of carbonyl (C=O) groups excluding carboxylic acids is 1. The average molecular weight is 263 g/mol. The van der Waals surface area contributed by atoms with Crippen molar-refractivity contribution >= 4 is 35.0 Å². The molecule has 88 valence electrons. The summed E-state index contributed by atoms with van der Waals surface area (Å²) >= 11 is 11.7. The van der Waals surface area contributed by atoms with Gasteiger partial charge in [-0.05, 0) is 13.0 Å². The largest absolute Gasteiger partial charge is 0.465 e. The summed E-state index contributed by atoms with van der Waals surface area (Å²) in [5, 5.41) is 0.859. The third-order valence-electron chi connectivity index (χ3n) is 1.82. The van der Waals surface area contributed by atoms with Crippen LogP contribution in [0.15, 0.2) is 12.3 Å². The van der Waals surface area contributed by atoms with Crippen LogP contribution >= 0.6 is 23.2 Å². The summed E-state index contributed by atoms with van der Waals surface area (Å²) in [6, 6.07) is 1.58. The molecule has 0 radical (unpaired) electrons. The number of rotatable bonds is 4. The highest BCUT2D eigenvalue weighted by Crippen LogP contribution is 2.24. The number of nitrogens with zero attached hydrogens (tertiary/aromatic N) is 2. The highest BCUT2D eigenvalue weighted by atomic mass is 35.5. The Kier molecular flexibility index (Phi) is 4.83. The average Bonchev–Trinajstić information content (AvgIpc) is 2.17. The number of likely N-dealkylation sites (N-methyl/N-ethyl adjacent to an activating group) is 1. The van der Waals surface area contributed by atoms with E-state index in [-0.39, 0.29) is 12.5 Å². The van der Waals surface area contributed by atoms with E-state index in [4.69, 9.17) is 27.9 Å². The predicted octanol–water partition coefficient (Wildman–Crippen LogP) is 2.39. The van der Waals surface area contributed by atoms with Gasteiger partial charge in [0.1, 0.15) is 12.4 Å². The first-order valence-electron chi connectivity index (χ1n) is 4.72. The molecule has 0 saturated carbocycles. The van der Waals surface area contributed by atoms with Gasteiger partial charge in [-0.1, -0.05) is 23.2 Å². The van der Waals surface area contributed by atoms with E-state index in [9.17, 15) is 4.79 Å². The Bertz CT molecular complexity index is 385. The van der Waals surface area contributed by atoms with Crippen LogP contribution in [0, 0.1) is 0 Å². The maximum Gasteiger partial charge on any atom is 0.325 e. The van der Waals surface area contributed by atoms with Crippen LogP contribution < -0.4 is 4.90 Å². The summed E-state index contributed by atoms with van der Waals surface area (Å²) in [4.78, 5) is 16.9. The smallest absolute Gasteiger partial charge is 0.325 e. The Labute approximate surface area is 104 Å². The third-order valence-corrected chi connectivity index (χ3v) is 2.31. The molecule has 0 aromatic carbocycles. The summed E-state index contributed by atoms with van der Waals surface area (Å²) in [6.45, 7) is 2.21. The molecule has 0 unspecified atom stereocenters. The highest BCUT2D eigenvalue weighted by molar-refractivity contribution is 6.36. The summed E-state index contributed by atoms with van der Waals surface area (Å²) in [6.07, 6.45) is 1.48. The van der Waals surface area contributed by atoms with Crippen LogP contribution in [-0.2, 0) is 9.53 Å². The summed E-state index contributed by atoms with van der Waals surface area (Å²) in [5.41, 5.74) is 0. The lowest BCUT2D eigenvalue weighted by molar-refractivity contribution is -0.141. The quantitative estimate of drug-likeness (QED) is 0.782. The Balaban J connectivity index is 2.72. The number of esters is 1. The number of hydrogen-bond donors (Lipinski definition) is 0. The monoisotopic (exact) mass is 262 g/mol. The van der Waals surface area contributed by atoms with Crippen molar-refractivity contribution in [3.63, 3.8) is 0 Å². The van der Waals surface area contributed by atoms with Crippen LogP contribution in [0.4, 0.5) is 5.82 Å². The van der Waals surface area contributed by atoms with Crippen molar-refractivity contribution in [3.8, 4) is 0 Å². The molecule has 0 amide bonds. The van der Waals surface area contributed by atoms with Crippen molar-refractivity contribution in [2.45, 2.75) is 6.92 Å². The Morgan fingerprint density at radius 2 is 2.25 bits per heavy atom. The lowest BCUT2D eigenvalue weighted by Gasteiger charge is -2.17. The van der Waals surface area contributed by atoms with Gasteiger partial charge in [-0.3, -0.25) is 4.79 Å². The van der Waals surface area contributed by atoms with Crippen molar-refractivity contribution in [1.29, 1.82) is 0 Å². The molecule has 1 aromatic heterocycles. The van der Waals surface area contributed by atoms with Crippen LogP contribution in [0.5, 0.6) is 0 Å². The lowest BCUT2D eigenvalue weighted by atomic mass is 10.4. The minimum absolute atomic E-state index is 0.0994. The second-order valence-electron chi connectivity index (χ2n) is 3.12. The van der Waals surface area contributed by atoms with E-state index in [0.717, 1.165) is 0 Å². The normalized spacial score (nSPS) is 10.0. The van der Waals surface area contributed by atoms with Crippen molar-refractivity contribution in [2.75, 3.05) is 25.1 Å². The van der Waals surface area contributed by atoms with Crippen molar-refractivity contribution in [2.24, 2.45) is 0 Å². The number of ether oxygens (including phenoxy) is 1. The Morgan fingerprint density at radius 1 is 1.56 bits per heavy atom. The Morgan fingerprint density at radius 3 is 2.81 bits per heavy atom. The molecule has 1 aromatic rings. The number of anilines is 1. The van der Waals surface area contributed by atoms with Gasteiger partial charge >= 0.3 is 5.97 Å². The van der Waals surface area contributed by atoms with E-state index in [1.54, 1.807) is 24.9 Å². The van der Waals surface area contributed by atoms with E-state index in [1.807, 2.05) is 0 Å². The molecule has 0 aliphatic heterocycles. The van der Waals surface area contributed by atoms with Crippen LogP contribution in [0.3, 0.4) is 0 Å². The van der Waals surface area contributed by atoms with Gasteiger partial charge in [-0.2, -0.15) is 0 Å². The number of halogens is 2. The molecule has 0 N–H and O–H groups in total. The molecular formula is C10H12Cl2N2O2. The number of carbonyl (C=O) groups is 1. The number of hydrogen-bond acceptors (Lipinski definition) is 4. The fourth-order valence-corrected chi connectivity index (χ4v) is 1.69. The van der Waals surface area contributed by atoms with Crippen LogP contribution in [0.25, 0.3) is 0 Å². The van der Waals surface area contributed by atoms with Gasteiger partial charge in [0.05, 0.1) is 16.7 Å². The zero-order chi connectivity index (χ0) is 12.1. The second kappa shape index (κ2) is 5.92. The molecule has 0 spiro atoms. The molecule has 0 aliphatic rings. The van der Waals surface area contributed by atoms with Crippen LogP contribution in [0.2, 0.25) is 10.0 Å². The van der Waals surface area contributed by atoms with Crippen molar-refractivity contribution < 1.29 is 9.53 Å². The van der Waals surface area contributed by atoms with Gasteiger partial charge in [0.25, 0.3) is 0 Å². The molecule has 1 heterocycles. The third kappa shape index (κ3) is 3.54. The highest BCUT2D eigenvalue weighted by Gasteiger charge is 2.12. The topological polar surface area (TPSA) is 42.4 Å². The van der Waals surface area contributed by atoms with Gasteiger partial charge in [-0.15, -0.1) is 0 Å². The minimum Gasteiger partial charge on any atom is -0.465 e. The Hall–Kier alpha value is -1.000. The zero-order valence-corrected chi connectivity index (χ0v) is 10.5. The summed E-state index contributed by atoms with van der Waals surface area (Å²) < 4.78 is 4.82. The van der Waals surface area contributed by atoms with Crippen molar-refractivity contribution in [3.05, 3.63) is 22.3 Å². The molecule has 6 heteroatoms. The number of pyridine rings is 1. The van der Waals surface area contributed by atoms with E-state index in [0.29, 0.717) is 22.5 Å². The molecule has 0 saturated heterocycles. The van der Waals surface area contributed by atoms with Gasteiger partial charge in [-0.25, -0.2) is 4.98 Å². The summed E-state index contributed by atoms with van der Waals surface area (Å²) in [5.74, 6) is 0.178. The van der Waals surface area contributed by atoms with E-state index < -0.39 is 0 Å². The first-order valence-corrected chi connectivity index (χ1v) is 5.48. The lowest BCUT2D eigenvalue weighted by Crippen LogP contribution is -2.28. The van der Waals surface area contributed by atoms with E-state index in [2.05, 4.69) is 4.98 Å². The molecule has 0 fully saturated rings.